The topological polar surface area (TPSA) is 90.9 Å². The minimum absolute atomic E-state index is 0.361. The van der Waals surface area contributed by atoms with Crippen molar-refractivity contribution < 1.29 is 40.0 Å². The molecule has 0 aromatic heterocycles. The fourth-order valence-electron chi connectivity index (χ4n) is 4.24. The molecule has 1 aliphatic carbocycles. The Morgan fingerprint density at radius 2 is 1.78 bits per heavy atom. The number of halogens is 3. The van der Waals surface area contributed by atoms with E-state index in [-0.39, 0.29) is 0 Å². The van der Waals surface area contributed by atoms with E-state index in [4.69, 9.17) is 9.47 Å². The number of methoxy groups -OCH3 is 1. The highest BCUT2D eigenvalue weighted by molar-refractivity contribution is 7.88. The molecule has 1 aromatic carbocycles. The number of benzene rings is 1. The first-order valence-corrected chi connectivity index (χ1v) is 11.7. The molecule has 1 aliphatic rings. The molecule has 7 nitrogen and oxygen atoms in total. The maximum atomic E-state index is 12.8. The molecule has 182 valence electrons. The summed E-state index contributed by atoms with van der Waals surface area (Å²) in [6.07, 6.45) is 0.269. The molecule has 1 N–H and O–H groups in total. The summed E-state index contributed by atoms with van der Waals surface area (Å²) < 4.78 is 76.8. The lowest BCUT2D eigenvalue weighted by Gasteiger charge is -2.48. The molecule has 0 bridgehead atoms. The van der Waals surface area contributed by atoms with Gasteiger partial charge in [0.2, 0.25) is 0 Å². The summed E-state index contributed by atoms with van der Waals surface area (Å²) >= 11 is 0. The SMILES string of the molecule is CCC1(CC)c2cc(OS(=O)(=O)C(F)(F)F)ccc2C[C@H](OC)[C@H]1NC(=O)OC(C)(C)C. The normalized spacial score (nSPS) is 20.9. The second-order valence-corrected chi connectivity index (χ2v) is 10.3. The summed E-state index contributed by atoms with van der Waals surface area (Å²) in [5, 5.41) is 2.88. The predicted molar refractivity (Wildman–Crippen MR) is 112 cm³/mol. The maximum absolute atomic E-state index is 12.8. The average molecular weight is 482 g/mol. The summed E-state index contributed by atoms with van der Waals surface area (Å²) in [4.78, 5) is 12.6. The standard InChI is InChI=1S/C21H30F3NO6S/c1-7-20(8-2)15-12-14(31-32(27,28)21(22,23)24)10-9-13(15)11-16(29-6)17(20)25-18(26)30-19(3,4)5/h9-10,12,16-17H,7-8,11H2,1-6H3,(H,25,26)/t16-,17+/m0/s1. The lowest BCUT2D eigenvalue weighted by molar-refractivity contribution is -0.0500. The van der Waals surface area contributed by atoms with Gasteiger partial charge in [0.05, 0.1) is 12.1 Å². The number of amides is 1. The first-order valence-electron chi connectivity index (χ1n) is 10.3. The second-order valence-electron chi connectivity index (χ2n) is 8.77. The van der Waals surface area contributed by atoms with Crippen LogP contribution in [0, 0.1) is 0 Å². The molecular formula is C21H30F3NO6S. The largest absolute Gasteiger partial charge is 0.534 e. The fraction of sp³-hybridized carbons (Fsp3) is 0.667. The molecule has 32 heavy (non-hydrogen) atoms. The van der Waals surface area contributed by atoms with Gasteiger partial charge < -0.3 is 19.0 Å². The monoisotopic (exact) mass is 481 g/mol. The van der Waals surface area contributed by atoms with Crippen molar-refractivity contribution in [1.82, 2.24) is 5.32 Å². The molecule has 0 saturated heterocycles. The van der Waals surface area contributed by atoms with E-state index in [0.717, 1.165) is 5.56 Å². The third-order valence-electron chi connectivity index (χ3n) is 5.73. The highest BCUT2D eigenvalue weighted by Gasteiger charge is 2.50. The van der Waals surface area contributed by atoms with Crippen LogP contribution in [0.25, 0.3) is 0 Å². The van der Waals surface area contributed by atoms with Crippen LogP contribution in [0.2, 0.25) is 0 Å². The zero-order valence-electron chi connectivity index (χ0n) is 19.0. The molecule has 2 rings (SSSR count). The molecule has 1 aromatic rings. The molecule has 11 heteroatoms. The molecule has 0 aliphatic heterocycles. The van der Waals surface area contributed by atoms with Gasteiger partial charge in [-0.05, 0) is 56.9 Å². The summed E-state index contributed by atoms with van der Waals surface area (Å²) in [5.74, 6) is -0.445. The van der Waals surface area contributed by atoms with E-state index >= 15 is 0 Å². The van der Waals surface area contributed by atoms with Crippen LogP contribution in [0.1, 0.15) is 58.6 Å². The first-order chi connectivity index (χ1) is 14.6. The third kappa shape index (κ3) is 5.31. The van der Waals surface area contributed by atoms with Crippen molar-refractivity contribution in [1.29, 1.82) is 0 Å². The van der Waals surface area contributed by atoms with Crippen LogP contribution in [-0.4, -0.2) is 44.9 Å². The van der Waals surface area contributed by atoms with Crippen LogP contribution in [0.15, 0.2) is 18.2 Å². The van der Waals surface area contributed by atoms with E-state index in [9.17, 15) is 26.4 Å². The van der Waals surface area contributed by atoms with Gasteiger partial charge in [0.1, 0.15) is 11.4 Å². The quantitative estimate of drug-likeness (QED) is 0.477. The third-order valence-corrected chi connectivity index (χ3v) is 6.71. The highest BCUT2D eigenvalue weighted by atomic mass is 32.2. The summed E-state index contributed by atoms with van der Waals surface area (Å²) in [7, 11) is -4.29. The molecule has 2 atom stereocenters. The first kappa shape index (κ1) is 26.2. The molecule has 0 unspecified atom stereocenters. The van der Waals surface area contributed by atoms with Crippen molar-refractivity contribution in [2.45, 2.75) is 82.6 Å². The molecular weight excluding hydrogens is 451 g/mol. The van der Waals surface area contributed by atoms with E-state index in [2.05, 4.69) is 9.50 Å². The Balaban J connectivity index is 2.54. The van der Waals surface area contributed by atoms with Crippen LogP contribution in [-0.2, 0) is 31.4 Å². The molecule has 0 fully saturated rings. The molecule has 0 radical (unpaired) electrons. The van der Waals surface area contributed by atoms with Crippen molar-refractivity contribution >= 4 is 16.2 Å². The summed E-state index contributed by atoms with van der Waals surface area (Å²) in [6.45, 7) is 8.96. The van der Waals surface area contributed by atoms with Crippen LogP contribution in [0.3, 0.4) is 0 Å². The van der Waals surface area contributed by atoms with Crippen LogP contribution < -0.4 is 9.50 Å². The van der Waals surface area contributed by atoms with Gasteiger partial charge in [-0.3, -0.25) is 0 Å². The molecule has 1 amide bonds. The van der Waals surface area contributed by atoms with Gasteiger partial charge in [0.25, 0.3) is 0 Å². The molecule has 0 saturated carbocycles. The summed E-state index contributed by atoms with van der Waals surface area (Å²) in [5.41, 5.74) is -5.65. The van der Waals surface area contributed by atoms with Gasteiger partial charge in [0.15, 0.2) is 0 Å². The average Bonchev–Trinajstić information content (AvgIpc) is 2.65. The van der Waals surface area contributed by atoms with Crippen LogP contribution in [0.5, 0.6) is 5.75 Å². The highest BCUT2D eigenvalue weighted by Crippen LogP contribution is 2.45. The van der Waals surface area contributed by atoms with E-state index in [0.29, 0.717) is 24.8 Å². The van der Waals surface area contributed by atoms with E-state index in [1.54, 1.807) is 20.8 Å². The lowest BCUT2D eigenvalue weighted by Crippen LogP contribution is -2.60. The summed E-state index contributed by atoms with van der Waals surface area (Å²) in [6, 6.07) is 3.46. The maximum Gasteiger partial charge on any atom is 0.534 e. The number of alkyl carbamates (subject to hydrolysis) is 1. The van der Waals surface area contributed by atoms with Gasteiger partial charge in [-0.25, -0.2) is 4.79 Å². The minimum Gasteiger partial charge on any atom is -0.444 e. The number of hydrogen-bond acceptors (Lipinski definition) is 6. The number of ether oxygens (including phenoxy) is 2. The Morgan fingerprint density at radius 3 is 2.25 bits per heavy atom. The Hall–Kier alpha value is -2.01. The minimum atomic E-state index is -5.81. The van der Waals surface area contributed by atoms with E-state index in [1.165, 1.54) is 25.3 Å². The molecule has 0 heterocycles. The Kier molecular flexibility index (Phi) is 7.45. The predicted octanol–water partition coefficient (Wildman–Crippen LogP) is 4.44. The number of hydrogen-bond donors (Lipinski definition) is 1. The smallest absolute Gasteiger partial charge is 0.444 e. The fourth-order valence-corrected chi connectivity index (χ4v) is 4.69. The van der Waals surface area contributed by atoms with Gasteiger partial charge in [-0.1, -0.05) is 19.9 Å². The number of alkyl halides is 3. The Labute approximate surface area is 186 Å². The van der Waals surface area contributed by atoms with Crippen LogP contribution in [0.4, 0.5) is 18.0 Å². The van der Waals surface area contributed by atoms with Crippen LogP contribution >= 0.6 is 0 Å². The zero-order chi connectivity index (χ0) is 24.5. The van der Waals surface area contributed by atoms with Crippen molar-refractivity contribution in [2.24, 2.45) is 0 Å². The second kappa shape index (κ2) is 9.09. The van der Waals surface area contributed by atoms with Gasteiger partial charge in [0, 0.05) is 18.9 Å². The van der Waals surface area contributed by atoms with E-state index in [1.807, 2.05) is 13.8 Å². The zero-order valence-corrected chi connectivity index (χ0v) is 19.8. The lowest BCUT2D eigenvalue weighted by atomic mass is 9.62. The van der Waals surface area contributed by atoms with Crippen molar-refractivity contribution in [2.75, 3.05) is 7.11 Å². The Bertz CT molecular complexity index is 936. The van der Waals surface area contributed by atoms with Gasteiger partial charge in [-0.15, -0.1) is 0 Å². The number of carbonyl (C=O) groups is 1. The molecule has 0 spiro atoms. The van der Waals surface area contributed by atoms with Crippen molar-refractivity contribution in [3.05, 3.63) is 29.3 Å². The van der Waals surface area contributed by atoms with Gasteiger partial charge >= 0.3 is 21.7 Å². The number of rotatable bonds is 6. The van der Waals surface area contributed by atoms with E-state index < -0.39 is 50.6 Å². The Morgan fingerprint density at radius 1 is 1.19 bits per heavy atom. The van der Waals surface area contributed by atoms with Crippen molar-refractivity contribution in [3.63, 3.8) is 0 Å². The number of nitrogens with one attached hydrogen (secondary N) is 1. The van der Waals surface area contributed by atoms with Crippen molar-refractivity contribution in [3.8, 4) is 5.75 Å². The van der Waals surface area contributed by atoms with Gasteiger partial charge in [-0.2, -0.15) is 21.6 Å². The number of fused-ring (bicyclic) bond motifs is 1. The number of carbonyl (C=O) groups excluding carboxylic acids is 1.